The summed E-state index contributed by atoms with van der Waals surface area (Å²) >= 11 is 0. The van der Waals surface area contributed by atoms with Crippen molar-refractivity contribution in [1.29, 1.82) is 0 Å². The lowest BCUT2D eigenvalue weighted by molar-refractivity contribution is -0.129. The summed E-state index contributed by atoms with van der Waals surface area (Å²) in [6.45, 7) is 0.544. The molecule has 0 aliphatic rings. The van der Waals surface area contributed by atoms with Crippen LogP contribution >= 0.6 is 0 Å². The van der Waals surface area contributed by atoms with E-state index in [4.69, 9.17) is 10.2 Å². The first-order valence-electron chi connectivity index (χ1n) is 5.75. The highest BCUT2D eigenvalue weighted by atomic mass is 16.3. The summed E-state index contributed by atoms with van der Waals surface area (Å²) in [7, 11) is 1.77. The minimum absolute atomic E-state index is 0.0362. The summed E-state index contributed by atoms with van der Waals surface area (Å²) in [6.07, 6.45) is 3.56. The number of hydrogen-bond acceptors (Lipinski definition) is 3. The van der Waals surface area contributed by atoms with E-state index in [0.29, 0.717) is 18.7 Å². The molecule has 0 spiro atoms. The van der Waals surface area contributed by atoms with E-state index in [1.165, 1.54) is 0 Å². The number of para-hydroxylation sites is 1. The van der Waals surface area contributed by atoms with Crippen molar-refractivity contribution >= 4 is 11.6 Å². The molecule has 2 N–H and O–H groups in total. The van der Waals surface area contributed by atoms with Gasteiger partial charge in [0, 0.05) is 24.8 Å². The highest BCUT2D eigenvalue weighted by Gasteiger charge is 2.12. The van der Waals surface area contributed by atoms with Gasteiger partial charge in [0.2, 0.25) is 5.91 Å². The molecule has 1 aromatic heterocycles. The summed E-state index contributed by atoms with van der Waals surface area (Å²) in [5.41, 5.74) is 8.32. The van der Waals surface area contributed by atoms with Gasteiger partial charge < -0.3 is 15.1 Å². The van der Waals surface area contributed by atoms with Gasteiger partial charge in [0.05, 0.1) is 18.9 Å². The van der Waals surface area contributed by atoms with Gasteiger partial charge >= 0.3 is 0 Å². The van der Waals surface area contributed by atoms with E-state index in [1.54, 1.807) is 30.5 Å². The van der Waals surface area contributed by atoms with Crippen molar-refractivity contribution in [3.05, 3.63) is 54.0 Å². The molecule has 18 heavy (non-hydrogen) atoms. The zero-order valence-corrected chi connectivity index (χ0v) is 10.3. The van der Waals surface area contributed by atoms with Crippen molar-refractivity contribution in [2.24, 2.45) is 0 Å². The molecule has 0 radical (unpaired) electrons. The van der Waals surface area contributed by atoms with Crippen LogP contribution in [0, 0.1) is 0 Å². The number of likely N-dealkylation sites (N-methyl/N-ethyl adjacent to an activating group) is 1. The van der Waals surface area contributed by atoms with Gasteiger partial charge in [-0.15, -0.1) is 0 Å². The Morgan fingerprint density at radius 2 is 2.11 bits per heavy atom. The predicted molar refractivity (Wildman–Crippen MR) is 69.7 cm³/mol. The second-order valence-corrected chi connectivity index (χ2v) is 4.26. The molecule has 2 rings (SSSR count). The SMILES string of the molecule is CN(Cc1ccoc1)C(=O)Cc1ccccc1N. The smallest absolute Gasteiger partial charge is 0.227 e. The lowest BCUT2D eigenvalue weighted by atomic mass is 10.1. The number of hydrogen-bond donors (Lipinski definition) is 1. The Hall–Kier alpha value is -2.23. The van der Waals surface area contributed by atoms with Gasteiger partial charge in [-0.3, -0.25) is 4.79 Å². The zero-order valence-electron chi connectivity index (χ0n) is 10.3. The fraction of sp³-hybridized carbons (Fsp3) is 0.214. The van der Waals surface area contributed by atoms with Crippen LogP contribution in [-0.4, -0.2) is 17.9 Å². The van der Waals surface area contributed by atoms with E-state index >= 15 is 0 Å². The maximum Gasteiger partial charge on any atom is 0.227 e. The standard InChI is InChI=1S/C14H16N2O2/c1-16(9-11-6-7-18-10-11)14(17)8-12-4-2-3-5-13(12)15/h2-7,10H,8-9,15H2,1H3. The molecule has 1 heterocycles. The lowest BCUT2D eigenvalue weighted by Crippen LogP contribution is -2.27. The third-order valence-electron chi connectivity index (χ3n) is 2.82. The molecule has 1 amide bonds. The van der Waals surface area contributed by atoms with Crippen LogP contribution in [0.25, 0.3) is 0 Å². The van der Waals surface area contributed by atoms with E-state index in [0.717, 1.165) is 11.1 Å². The molecule has 0 saturated carbocycles. The fourth-order valence-electron chi connectivity index (χ4n) is 1.74. The minimum Gasteiger partial charge on any atom is -0.472 e. The molecule has 0 atom stereocenters. The van der Waals surface area contributed by atoms with E-state index in [1.807, 2.05) is 24.3 Å². The van der Waals surface area contributed by atoms with E-state index in [9.17, 15) is 4.79 Å². The number of carbonyl (C=O) groups excluding carboxylic acids is 1. The second-order valence-electron chi connectivity index (χ2n) is 4.26. The van der Waals surface area contributed by atoms with Crippen molar-refractivity contribution in [2.75, 3.05) is 12.8 Å². The number of furan rings is 1. The molecule has 4 nitrogen and oxygen atoms in total. The Morgan fingerprint density at radius 3 is 2.78 bits per heavy atom. The Kier molecular flexibility index (Phi) is 3.67. The van der Waals surface area contributed by atoms with Crippen molar-refractivity contribution in [3.63, 3.8) is 0 Å². The van der Waals surface area contributed by atoms with E-state index in [-0.39, 0.29) is 5.91 Å². The number of nitrogens with zero attached hydrogens (tertiary/aromatic N) is 1. The van der Waals surface area contributed by atoms with E-state index in [2.05, 4.69) is 0 Å². The predicted octanol–water partition coefficient (Wildman–Crippen LogP) is 2.06. The van der Waals surface area contributed by atoms with Crippen LogP contribution in [-0.2, 0) is 17.8 Å². The lowest BCUT2D eigenvalue weighted by Gasteiger charge is -2.16. The number of nitrogens with two attached hydrogens (primary N) is 1. The summed E-state index contributed by atoms with van der Waals surface area (Å²) in [5.74, 6) is 0.0362. The van der Waals surface area contributed by atoms with Crippen LogP contribution in [0.4, 0.5) is 5.69 Å². The van der Waals surface area contributed by atoms with Gasteiger partial charge in [-0.25, -0.2) is 0 Å². The molecular weight excluding hydrogens is 228 g/mol. The summed E-state index contributed by atoms with van der Waals surface area (Å²) in [5, 5.41) is 0. The van der Waals surface area contributed by atoms with Crippen molar-refractivity contribution in [1.82, 2.24) is 4.90 Å². The third-order valence-corrected chi connectivity index (χ3v) is 2.82. The number of nitrogen functional groups attached to an aromatic ring is 1. The average Bonchev–Trinajstić information content (AvgIpc) is 2.84. The topological polar surface area (TPSA) is 59.5 Å². The number of rotatable bonds is 4. The van der Waals surface area contributed by atoms with E-state index < -0.39 is 0 Å². The van der Waals surface area contributed by atoms with Gasteiger partial charge in [-0.05, 0) is 17.7 Å². The maximum absolute atomic E-state index is 12.0. The van der Waals surface area contributed by atoms with Crippen molar-refractivity contribution < 1.29 is 9.21 Å². The number of benzene rings is 1. The van der Waals surface area contributed by atoms with Crippen LogP contribution in [0.1, 0.15) is 11.1 Å². The average molecular weight is 244 g/mol. The van der Waals surface area contributed by atoms with Crippen molar-refractivity contribution in [2.45, 2.75) is 13.0 Å². The van der Waals surface area contributed by atoms with Gasteiger partial charge in [0.25, 0.3) is 0 Å². The quantitative estimate of drug-likeness (QED) is 0.837. The molecule has 2 aromatic rings. The van der Waals surface area contributed by atoms with Crippen LogP contribution in [0.2, 0.25) is 0 Å². The summed E-state index contributed by atoms with van der Waals surface area (Å²) in [6, 6.07) is 9.27. The first-order chi connectivity index (χ1) is 8.66. The summed E-state index contributed by atoms with van der Waals surface area (Å²) in [4.78, 5) is 13.7. The molecule has 0 fully saturated rings. The first kappa shape index (κ1) is 12.2. The molecule has 0 aliphatic carbocycles. The van der Waals surface area contributed by atoms with Crippen LogP contribution in [0.5, 0.6) is 0 Å². The first-order valence-corrected chi connectivity index (χ1v) is 5.75. The molecule has 0 aliphatic heterocycles. The molecule has 0 unspecified atom stereocenters. The fourth-order valence-corrected chi connectivity index (χ4v) is 1.74. The van der Waals surface area contributed by atoms with Crippen molar-refractivity contribution in [3.8, 4) is 0 Å². The normalized spacial score (nSPS) is 10.3. The van der Waals surface area contributed by atoms with Gasteiger partial charge in [0.15, 0.2) is 0 Å². The Bertz CT molecular complexity index is 520. The minimum atomic E-state index is 0.0362. The number of carbonyl (C=O) groups is 1. The third kappa shape index (κ3) is 2.91. The summed E-state index contributed by atoms with van der Waals surface area (Å²) < 4.78 is 4.97. The molecule has 0 bridgehead atoms. The largest absolute Gasteiger partial charge is 0.472 e. The van der Waals surface area contributed by atoms with Crippen LogP contribution in [0.3, 0.4) is 0 Å². The zero-order chi connectivity index (χ0) is 13.0. The molecule has 1 aromatic carbocycles. The Labute approximate surface area is 106 Å². The second kappa shape index (κ2) is 5.40. The van der Waals surface area contributed by atoms with Crippen LogP contribution < -0.4 is 5.73 Å². The highest BCUT2D eigenvalue weighted by molar-refractivity contribution is 5.80. The van der Waals surface area contributed by atoms with Crippen LogP contribution in [0.15, 0.2) is 47.3 Å². The number of anilines is 1. The van der Waals surface area contributed by atoms with Gasteiger partial charge in [-0.2, -0.15) is 0 Å². The monoisotopic (exact) mass is 244 g/mol. The van der Waals surface area contributed by atoms with Gasteiger partial charge in [-0.1, -0.05) is 18.2 Å². The molecular formula is C14H16N2O2. The maximum atomic E-state index is 12.0. The Morgan fingerprint density at radius 1 is 1.33 bits per heavy atom. The molecule has 0 saturated heterocycles. The Balaban J connectivity index is 1.98. The molecule has 4 heteroatoms. The highest BCUT2D eigenvalue weighted by Crippen LogP contribution is 2.13. The van der Waals surface area contributed by atoms with Gasteiger partial charge in [0.1, 0.15) is 0 Å². The molecule has 94 valence electrons. The number of amides is 1.